The van der Waals surface area contributed by atoms with Gasteiger partial charge in [-0.2, -0.15) is 0 Å². The monoisotopic (exact) mass is 144 g/mol. The Morgan fingerprint density at radius 1 is 1.89 bits per heavy atom. The fourth-order valence-electron chi connectivity index (χ4n) is 0.486. The van der Waals surface area contributed by atoms with Crippen LogP contribution in [0.1, 0.15) is 5.76 Å². The van der Waals surface area contributed by atoms with Crippen LogP contribution in [0.5, 0.6) is 0 Å². The van der Waals surface area contributed by atoms with Crippen molar-refractivity contribution in [2.75, 3.05) is 6.26 Å². The van der Waals surface area contributed by atoms with Gasteiger partial charge in [-0.15, -0.1) is 11.8 Å². The van der Waals surface area contributed by atoms with Crippen molar-refractivity contribution in [2.45, 2.75) is 11.6 Å². The van der Waals surface area contributed by atoms with Crippen LogP contribution in [-0.2, 0) is 6.54 Å². The number of rotatable bonds is 2. The van der Waals surface area contributed by atoms with Crippen LogP contribution in [0.25, 0.3) is 0 Å². The zero-order chi connectivity index (χ0) is 6.69. The van der Waals surface area contributed by atoms with E-state index in [1.807, 2.05) is 12.3 Å². The van der Waals surface area contributed by atoms with E-state index in [0.717, 1.165) is 10.8 Å². The second-order valence-corrected chi connectivity index (χ2v) is 2.37. The van der Waals surface area contributed by atoms with Gasteiger partial charge in [-0.25, -0.2) is 0 Å². The second-order valence-electron chi connectivity index (χ2n) is 1.54. The molecule has 0 aliphatic heterocycles. The van der Waals surface area contributed by atoms with Crippen molar-refractivity contribution in [3.63, 3.8) is 0 Å². The van der Waals surface area contributed by atoms with Crippen LogP contribution in [-0.4, -0.2) is 11.4 Å². The van der Waals surface area contributed by atoms with Gasteiger partial charge in [0, 0.05) is 6.07 Å². The average molecular weight is 144 g/mol. The standard InChI is InChI=1S/C5H8N2OS/c1-9-5-2-4(3-6)8-7-5/h2H,3,6H2,1H3. The molecule has 0 fully saturated rings. The van der Waals surface area contributed by atoms with Crippen LogP contribution in [0.3, 0.4) is 0 Å². The van der Waals surface area contributed by atoms with E-state index in [-0.39, 0.29) is 0 Å². The fourth-order valence-corrected chi connectivity index (χ4v) is 0.848. The van der Waals surface area contributed by atoms with Crippen LogP contribution in [0.15, 0.2) is 15.6 Å². The van der Waals surface area contributed by atoms with Gasteiger partial charge in [0.05, 0.1) is 6.54 Å². The molecule has 1 aromatic rings. The second kappa shape index (κ2) is 2.89. The lowest BCUT2D eigenvalue weighted by Gasteiger charge is -1.78. The molecule has 1 aromatic heterocycles. The minimum Gasteiger partial charge on any atom is -0.359 e. The summed E-state index contributed by atoms with van der Waals surface area (Å²) < 4.78 is 4.81. The van der Waals surface area contributed by atoms with E-state index in [9.17, 15) is 0 Å². The number of nitrogens with zero attached hydrogens (tertiary/aromatic N) is 1. The van der Waals surface area contributed by atoms with Crippen molar-refractivity contribution in [3.05, 3.63) is 11.8 Å². The summed E-state index contributed by atoms with van der Waals surface area (Å²) >= 11 is 1.54. The van der Waals surface area contributed by atoms with Gasteiger partial charge in [-0.1, -0.05) is 5.16 Å². The Morgan fingerprint density at radius 3 is 3.00 bits per heavy atom. The van der Waals surface area contributed by atoms with E-state index in [2.05, 4.69) is 5.16 Å². The minimum absolute atomic E-state index is 0.424. The van der Waals surface area contributed by atoms with Gasteiger partial charge in [0.25, 0.3) is 0 Å². The van der Waals surface area contributed by atoms with E-state index in [0.29, 0.717) is 6.54 Å². The van der Waals surface area contributed by atoms with Gasteiger partial charge in [0.15, 0.2) is 5.76 Å². The predicted octanol–water partition coefficient (Wildman–Crippen LogP) is 0.855. The van der Waals surface area contributed by atoms with Gasteiger partial charge in [0.2, 0.25) is 0 Å². The molecule has 0 atom stereocenters. The van der Waals surface area contributed by atoms with E-state index < -0.39 is 0 Å². The lowest BCUT2D eigenvalue weighted by molar-refractivity contribution is 0.372. The number of thioether (sulfide) groups is 1. The highest BCUT2D eigenvalue weighted by atomic mass is 32.2. The third-order valence-corrected chi connectivity index (χ3v) is 1.56. The average Bonchev–Trinajstić information content (AvgIpc) is 2.34. The molecule has 0 aliphatic carbocycles. The molecule has 2 N–H and O–H groups in total. The fraction of sp³-hybridized carbons (Fsp3) is 0.400. The van der Waals surface area contributed by atoms with Crippen LogP contribution >= 0.6 is 11.8 Å². The highest BCUT2D eigenvalue weighted by Crippen LogP contribution is 2.12. The molecule has 0 aromatic carbocycles. The van der Waals surface area contributed by atoms with Crippen LogP contribution in [0, 0.1) is 0 Å². The van der Waals surface area contributed by atoms with E-state index in [1.165, 1.54) is 0 Å². The molecule has 0 aliphatic rings. The SMILES string of the molecule is CSc1cc(CN)on1. The van der Waals surface area contributed by atoms with Gasteiger partial charge < -0.3 is 10.3 Å². The lowest BCUT2D eigenvalue weighted by atomic mass is 10.5. The number of aromatic nitrogens is 1. The first-order chi connectivity index (χ1) is 4.36. The maximum atomic E-state index is 5.27. The Bertz CT molecular complexity index is 168. The van der Waals surface area contributed by atoms with Crippen molar-refractivity contribution in [1.29, 1.82) is 0 Å². The summed E-state index contributed by atoms with van der Waals surface area (Å²) in [7, 11) is 0. The molecule has 9 heavy (non-hydrogen) atoms. The van der Waals surface area contributed by atoms with Crippen LogP contribution in [0.4, 0.5) is 0 Å². The van der Waals surface area contributed by atoms with Gasteiger partial charge in [-0.3, -0.25) is 0 Å². The van der Waals surface area contributed by atoms with Crippen molar-refractivity contribution in [2.24, 2.45) is 5.73 Å². The molecule has 0 spiro atoms. The lowest BCUT2D eigenvalue weighted by Crippen LogP contribution is -1.92. The van der Waals surface area contributed by atoms with Gasteiger partial charge in [0.1, 0.15) is 5.03 Å². The summed E-state index contributed by atoms with van der Waals surface area (Å²) in [6.07, 6.45) is 1.94. The molecule has 0 bridgehead atoms. The van der Waals surface area contributed by atoms with Gasteiger partial charge >= 0.3 is 0 Å². The zero-order valence-electron chi connectivity index (χ0n) is 5.13. The molecule has 0 saturated carbocycles. The highest BCUT2D eigenvalue weighted by Gasteiger charge is 1.98. The quantitative estimate of drug-likeness (QED) is 0.625. The first kappa shape index (κ1) is 6.64. The molecule has 0 amide bonds. The summed E-state index contributed by atoms with van der Waals surface area (Å²) in [5, 5.41) is 4.60. The Hall–Kier alpha value is -0.480. The Labute approximate surface area is 57.6 Å². The Kier molecular flexibility index (Phi) is 2.13. The molecule has 0 unspecified atom stereocenters. The van der Waals surface area contributed by atoms with Crippen LogP contribution < -0.4 is 5.73 Å². The number of hydrogen-bond donors (Lipinski definition) is 1. The molecular formula is C5H8N2OS. The highest BCUT2D eigenvalue weighted by molar-refractivity contribution is 7.98. The summed E-state index contributed by atoms with van der Waals surface area (Å²) in [5.74, 6) is 0.736. The molecule has 1 heterocycles. The first-order valence-electron chi connectivity index (χ1n) is 2.56. The summed E-state index contributed by atoms with van der Waals surface area (Å²) in [6.45, 7) is 0.424. The van der Waals surface area contributed by atoms with Crippen LogP contribution in [0.2, 0.25) is 0 Å². The van der Waals surface area contributed by atoms with E-state index >= 15 is 0 Å². The third kappa shape index (κ3) is 1.46. The topological polar surface area (TPSA) is 52.0 Å². The van der Waals surface area contributed by atoms with E-state index in [4.69, 9.17) is 10.3 Å². The number of nitrogens with two attached hydrogens (primary N) is 1. The van der Waals surface area contributed by atoms with Crippen molar-refractivity contribution in [1.82, 2.24) is 5.16 Å². The summed E-state index contributed by atoms with van der Waals surface area (Å²) in [4.78, 5) is 0. The first-order valence-corrected chi connectivity index (χ1v) is 3.79. The van der Waals surface area contributed by atoms with Crippen molar-refractivity contribution >= 4 is 11.8 Å². The van der Waals surface area contributed by atoms with E-state index in [1.54, 1.807) is 11.8 Å². The molecule has 0 radical (unpaired) electrons. The summed E-state index contributed by atoms with van der Waals surface area (Å²) in [5.41, 5.74) is 5.27. The predicted molar refractivity (Wildman–Crippen MR) is 36.2 cm³/mol. The smallest absolute Gasteiger partial charge is 0.151 e. The Morgan fingerprint density at radius 2 is 2.67 bits per heavy atom. The maximum absolute atomic E-state index is 5.27. The largest absolute Gasteiger partial charge is 0.359 e. The molecule has 4 heteroatoms. The molecule has 0 saturated heterocycles. The zero-order valence-corrected chi connectivity index (χ0v) is 5.94. The van der Waals surface area contributed by atoms with Crippen molar-refractivity contribution in [3.8, 4) is 0 Å². The minimum atomic E-state index is 0.424. The Balaban J connectivity index is 2.74. The number of hydrogen-bond acceptors (Lipinski definition) is 4. The molecule has 50 valence electrons. The summed E-state index contributed by atoms with van der Waals surface area (Å²) in [6, 6.07) is 1.84. The molecular weight excluding hydrogens is 136 g/mol. The normalized spacial score (nSPS) is 10.0. The van der Waals surface area contributed by atoms with Gasteiger partial charge in [-0.05, 0) is 6.26 Å². The van der Waals surface area contributed by atoms with Crippen molar-refractivity contribution < 1.29 is 4.52 Å². The molecule has 1 rings (SSSR count). The molecule has 3 nitrogen and oxygen atoms in total. The maximum Gasteiger partial charge on any atom is 0.151 e. The third-order valence-electron chi connectivity index (χ3n) is 0.948.